The Hall–Kier alpha value is -2.30. The highest BCUT2D eigenvalue weighted by molar-refractivity contribution is 6.07. The number of hydrogen-bond donors (Lipinski definition) is 1. The average molecular weight is 234 g/mol. The molecule has 2 rings (SSSR count). The van der Waals surface area contributed by atoms with Crippen molar-refractivity contribution in [1.82, 2.24) is 0 Å². The zero-order chi connectivity index (χ0) is 12.6. The fourth-order valence-corrected chi connectivity index (χ4v) is 1.80. The molecule has 0 saturated carbocycles. The van der Waals surface area contributed by atoms with Crippen LogP contribution in [0, 0.1) is 6.92 Å². The molecule has 17 heavy (non-hydrogen) atoms. The predicted octanol–water partition coefficient (Wildman–Crippen LogP) is 2.26. The Balaban J connectivity index is 2.93. The van der Waals surface area contributed by atoms with Crippen molar-refractivity contribution >= 4 is 23.2 Å². The van der Waals surface area contributed by atoms with Gasteiger partial charge in [-0.3, -0.25) is 4.79 Å². The Bertz CT molecular complexity index is 609. The monoisotopic (exact) mass is 234 g/mol. The summed E-state index contributed by atoms with van der Waals surface area (Å²) in [5.74, 6) is -0.549. The summed E-state index contributed by atoms with van der Waals surface area (Å²) in [6, 6.07) is 2.93. The first-order valence-electron chi connectivity index (χ1n) is 4.88. The Labute approximate surface area is 96.6 Å². The first kappa shape index (κ1) is 11.2. The van der Waals surface area contributed by atoms with Crippen molar-refractivity contribution < 1.29 is 23.8 Å². The molecular weight excluding hydrogens is 224 g/mol. The van der Waals surface area contributed by atoms with Gasteiger partial charge in [-0.2, -0.15) is 0 Å². The molecule has 0 aliphatic heterocycles. The average Bonchev–Trinajstić information content (AvgIpc) is 2.65. The summed E-state index contributed by atoms with van der Waals surface area (Å²) in [7, 11) is 1.45. The van der Waals surface area contributed by atoms with Crippen LogP contribution in [0.25, 0.3) is 11.0 Å². The zero-order valence-electron chi connectivity index (χ0n) is 9.31. The molecule has 0 radical (unpaired) electrons. The van der Waals surface area contributed by atoms with Crippen LogP contribution in [0.15, 0.2) is 16.5 Å². The second-order valence-corrected chi connectivity index (χ2v) is 3.53. The highest BCUT2D eigenvalue weighted by Gasteiger charge is 2.20. The van der Waals surface area contributed by atoms with Crippen molar-refractivity contribution in [1.29, 1.82) is 0 Å². The number of furan rings is 1. The lowest BCUT2D eigenvalue weighted by molar-refractivity contribution is 0.0698. The number of carboxylic acids is 1. The number of methoxy groups -OCH3 is 1. The topological polar surface area (TPSA) is 76.7 Å². The molecule has 1 aromatic carbocycles. The second kappa shape index (κ2) is 3.93. The lowest BCUT2D eigenvalue weighted by Gasteiger charge is -2.02. The summed E-state index contributed by atoms with van der Waals surface area (Å²) in [5, 5.41) is 9.48. The van der Waals surface area contributed by atoms with Crippen molar-refractivity contribution in [2.75, 3.05) is 7.11 Å². The number of fused-ring (bicyclic) bond motifs is 1. The Morgan fingerprint density at radius 1 is 1.47 bits per heavy atom. The van der Waals surface area contributed by atoms with Gasteiger partial charge in [-0.05, 0) is 19.1 Å². The molecule has 1 aromatic heterocycles. The third-order valence-corrected chi connectivity index (χ3v) is 2.64. The molecule has 0 spiro atoms. The molecule has 0 unspecified atom stereocenters. The Kier molecular flexibility index (Phi) is 2.59. The first-order valence-corrected chi connectivity index (χ1v) is 4.88. The van der Waals surface area contributed by atoms with E-state index in [9.17, 15) is 9.59 Å². The molecule has 2 aromatic rings. The highest BCUT2D eigenvalue weighted by Crippen LogP contribution is 2.34. The van der Waals surface area contributed by atoms with E-state index in [0.29, 0.717) is 23.0 Å². The quantitative estimate of drug-likeness (QED) is 0.824. The molecular formula is C12H10O5. The van der Waals surface area contributed by atoms with Crippen LogP contribution in [0.5, 0.6) is 5.75 Å². The lowest BCUT2D eigenvalue weighted by Crippen LogP contribution is -1.98. The van der Waals surface area contributed by atoms with Gasteiger partial charge in [0.1, 0.15) is 0 Å². The third-order valence-electron chi connectivity index (χ3n) is 2.64. The van der Waals surface area contributed by atoms with Crippen LogP contribution in [0.1, 0.15) is 26.5 Å². The number of rotatable bonds is 3. The molecule has 0 fully saturated rings. The van der Waals surface area contributed by atoms with Crippen molar-refractivity contribution in [3.05, 3.63) is 29.0 Å². The van der Waals surface area contributed by atoms with Gasteiger partial charge in [0.2, 0.25) is 0 Å². The fourth-order valence-electron chi connectivity index (χ4n) is 1.80. The third kappa shape index (κ3) is 1.56. The maximum atomic E-state index is 11.1. The SMILES string of the molecule is COc1ccc(C(=O)O)c2c(C)c(C=O)oc12. The van der Waals surface area contributed by atoms with E-state index in [4.69, 9.17) is 14.3 Å². The molecule has 0 saturated heterocycles. The van der Waals surface area contributed by atoms with E-state index in [2.05, 4.69) is 0 Å². The summed E-state index contributed by atoms with van der Waals surface area (Å²) in [6.07, 6.45) is 0.556. The van der Waals surface area contributed by atoms with E-state index < -0.39 is 5.97 Å². The zero-order valence-corrected chi connectivity index (χ0v) is 9.31. The van der Waals surface area contributed by atoms with Gasteiger partial charge in [0.25, 0.3) is 0 Å². The number of hydrogen-bond acceptors (Lipinski definition) is 4. The summed E-state index contributed by atoms with van der Waals surface area (Å²) in [4.78, 5) is 21.9. The van der Waals surface area contributed by atoms with Crippen molar-refractivity contribution in [3.63, 3.8) is 0 Å². The Morgan fingerprint density at radius 2 is 2.18 bits per heavy atom. The van der Waals surface area contributed by atoms with Gasteiger partial charge < -0.3 is 14.3 Å². The number of carbonyl (C=O) groups is 2. The minimum Gasteiger partial charge on any atom is -0.493 e. The molecule has 0 amide bonds. The number of aryl methyl sites for hydroxylation is 1. The van der Waals surface area contributed by atoms with E-state index >= 15 is 0 Å². The van der Waals surface area contributed by atoms with Crippen LogP contribution in [-0.2, 0) is 0 Å². The van der Waals surface area contributed by atoms with Crippen LogP contribution in [0.2, 0.25) is 0 Å². The van der Waals surface area contributed by atoms with Crippen LogP contribution >= 0.6 is 0 Å². The predicted molar refractivity (Wildman–Crippen MR) is 59.8 cm³/mol. The van der Waals surface area contributed by atoms with Gasteiger partial charge >= 0.3 is 5.97 Å². The smallest absolute Gasteiger partial charge is 0.336 e. The standard InChI is InChI=1S/C12H10O5/c1-6-9(5-13)17-11-8(16-2)4-3-7(10(6)11)12(14)15/h3-5H,1-2H3,(H,14,15). The molecule has 0 bridgehead atoms. The van der Waals surface area contributed by atoms with Gasteiger partial charge in [-0.15, -0.1) is 0 Å². The van der Waals surface area contributed by atoms with Gasteiger partial charge in [0.05, 0.1) is 12.7 Å². The number of aldehydes is 1. The van der Waals surface area contributed by atoms with Crippen LogP contribution in [-0.4, -0.2) is 24.5 Å². The summed E-state index contributed by atoms with van der Waals surface area (Å²) < 4.78 is 10.4. The van der Waals surface area contributed by atoms with E-state index in [1.165, 1.54) is 19.2 Å². The largest absolute Gasteiger partial charge is 0.493 e. The number of ether oxygens (including phenoxy) is 1. The number of benzene rings is 1. The molecule has 1 N–H and O–H groups in total. The second-order valence-electron chi connectivity index (χ2n) is 3.53. The molecule has 5 heteroatoms. The van der Waals surface area contributed by atoms with Gasteiger partial charge in [0, 0.05) is 10.9 Å². The number of carbonyl (C=O) groups excluding carboxylic acids is 1. The van der Waals surface area contributed by atoms with E-state index in [-0.39, 0.29) is 16.9 Å². The van der Waals surface area contributed by atoms with Gasteiger partial charge in [-0.25, -0.2) is 4.79 Å². The van der Waals surface area contributed by atoms with E-state index in [0.717, 1.165) is 0 Å². The van der Waals surface area contributed by atoms with Crippen LogP contribution in [0.4, 0.5) is 0 Å². The van der Waals surface area contributed by atoms with E-state index in [1.807, 2.05) is 0 Å². The van der Waals surface area contributed by atoms with Crippen molar-refractivity contribution in [2.45, 2.75) is 6.92 Å². The van der Waals surface area contributed by atoms with Crippen LogP contribution in [0.3, 0.4) is 0 Å². The molecule has 88 valence electrons. The normalized spacial score (nSPS) is 10.5. The molecule has 0 aliphatic rings. The van der Waals surface area contributed by atoms with Crippen LogP contribution < -0.4 is 4.74 Å². The van der Waals surface area contributed by atoms with Gasteiger partial charge in [0.15, 0.2) is 23.4 Å². The molecule has 0 aliphatic carbocycles. The summed E-state index contributed by atoms with van der Waals surface area (Å²) in [6.45, 7) is 1.64. The summed E-state index contributed by atoms with van der Waals surface area (Å²) >= 11 is 0. The molecule has 5 nitrogen and oxygen atoms in total. The minimum absolute atomic E-state index is 0.0927. The minimum atomic E-state index is -1.07. The van der Waals surface area contributed by atoms with Crippen molar-refractivity contribution in [3.8, 4) is 5.75 Å². The maximum Gasteiger partial charge on any atom is 0.336 e. The fraction of sp³-hybridized carbons (Fsp3) is 0.167. The first-order chi connectivity index (χ1) is 8.10. The Morgan fingerprint density at radius 3 is 2.71 bits per heavy atom. The number of carboxylic acid groups (broad SMARTS) is 1. The summed E-state index contributed by atoms with van der Waals surface area (Å²) in [5.41, 5.74) is 0.883. The highest BCUT2D eigenvalue weighted by atomic mass is 16.5. The van der Waals surface area contributed by atoms with Gasteiger partial charge in [-0.1, -0.05) is 0 Å². The maximum absolute atomic E-state index is 11.1. The molecule has 1 heterocycles. The number of aromatic carboxylic acids is 1. The molecule has 0 atom stereocenters. The lowest BCUT2D eigenvalue weighted by atomic mass is 10.1. The van der Waals surface area contributed by atoms with E-state index in [1.54, 1.807) is 6.92 Å². The van der Waals surface area contributed by atoms with Crippen molar-refractivity contribution in [2.24, 2.45) is 0 Å².